The van der Waals surface area contributed by atoms with Gasteiger partial charge < -0.3 is 9.88 Å². The maximum absolute atomic E-state index is 12.9. The first-order valence-electron chi connectivity index (χ1n) is 8.88. The molecule has 0 unspecified atom stereocenters. The molecule has 1 aromatic carbocycles. The molecule has 0 bridgehead atoms. The monoisotopic (exact) mass is 423 g/mol. The van der Waals surface area contributed by atoms with Gasteiger partial charge in [0.15, 0.2) is 5.78 Å². The molecule has 2 aromatic rings. The van der Waals surface area contributed by atoms with Gasteiger partial charge in [0.05, 0.1) is 4.90 Å². The van der Waals surface area contributed by atoms with Crippen LogP contribution in [0, 0.1) is 13.8 Å². The van der Waals surface area contributed by atoms with Gasteiger partial charge in [0.1, 0.15) is 5.69 Å². The van der Waals surface area contributed by atoms with E-state index in [4.69, 9.17) is 11.6 Å². The van der Waals surface area contributed by atoms with Crippen molar-refractivity contribution in [3.63, 3.8) is 0 Å². The number of nitrogens with one attached hydrogen (secondary N) is 1. The number of aromatic amines is 1. The van der Waals surface area contributed by atoms with Crippen molar-refractivity contribution in [3.8, 4) is 0 Å². The molecule has 0 radical (unpaired) electrons. The second-order valence-corrected chi connectivity index (χ2v) is 9.21. The molecule has 1 amide bonds. The lowest BCUT2D eigenvalue weighted by molar-refractivity contribution is 0.0691. The molecule has 2 heterocycles. The highest BCUT2D eigenvalue weighted by Crippen LogP contribution is 2.23. The van der Waals surface area contributed by atoms with E-state index in [9.17, 15) is 18.0 Å². The zero-order chi connectivity index (χ0) is 20.6. The molecule has 28 heavy (non-hydrogen) atoms. The lowest BCUT2D eigenvalue weighted by atomic mass is 10.1. The predicted molar refractivity (Wildman–Crippen MR) is 106 cm³/mol. The third-order valence-corrected chi connectivity index (χ3v) is 7.09. The van der Waals surface area contributed by atoms with Gasteiger partial charge in [-0.1, -0.05) is 17.7 Å². The number of Topliss-reactive ketones (excluding diaryl/α,β-unsaturated/α-hetero) is 1. The number of piperazine rings is 1. The highest BCUT2D eigenvalue weighted by molar-refractivity contribution is 7.89. The van der Waals surface area contributed by atoms with Crippen molar-refractivity contribution in [3.05, 3.63) is 51.8 Å². The van der Waals surface area contributed by atoms with E-state index in [-0.39, 0.29) is 42.8 Å². The summed E-state index contributed by atoms with van der Waals surface area (Å²) in [5.74, 6) is -0.323. The highest BCUT2D eigenvalue weighted by Gasteiger charge is 2.32. The highest BCUT2D eigenvalue weighted by atomic mass is 35.5. The van der Waals surface area contributed by atoms with Gasteiger partial charge in [-0.25, -0.2) is 8.42 Å². The molecule has 1 saturated heterocycles. The maximum atomic E-state index is 12.9. The molecule has 9 heteroatoms. The molecular formula is C19H22ClN3O4S. The van der Waals surface area contributed by atoms with Crippen molar-refractivity contribution in [2.75, 3.05) is 26.2 Å². The average Bonchev–Trinajstić information content (AvgIpc) is 2.95. The number of amides is 1. The molecule has 1 N–H and O–H groups in total. The molecule has 3 rings (SSSR count). The predicted octanol–water partition coefficient (Wildman–Crippen LogP) is 2.63. The second kappa shape index (κ2) is 7.69. The molecule has 1 aromatic heterocycles. The van der Waals surface area contributed by atoms with Crippen molar-refractivity contribution in [1.82, 2.24) is 14.2 Å². The summed E-state index contributed by atoms with van der Waals surface area (Å²) in [5, 5.41) is 0.355. The van der Waals surface area contributed by atoms with E-state index in [1.807, 2.05) is 0 Å². The fourth-order valence-electron chi connectivity index (χ4n) is 3.56. The van der Waals surface area contributed by atoms with Crippen LogP contribution < -0.4 is 0 Å². The molecule has 1 aliphatic rings. The number of benzene rings is 1. The van der Waals surface area contributed by atoms with Gasteiger partial charge in [0.2, 0.25) is 10.0 Å². The van der Waals surface area contributed by atoms with Crippen molar-refractivity contribution < 1.29 is 18.0 Å². The van der Waals surface area contributed by atoms with Crippen LogP contribution in [0.2, 0.25) is 5.02 Å². The van der Waals surface area contributed by atoms with E-state index in [0.29, 0.717) is 27.5 Å². The zero-order valence-corrected chi connectivity index (χ0v) is 17.5. The lowest BCUT2D eigenvalue weighted by Crippen LogP contribution is -2.50. The number of hydrogen-bond acceptors (Lipinski definition) is 4. The Morgan fingerprint density at radius 3 is 2.29 bits per heavy atom. The van der Waals surface area contributed by atoms with Gasteiger partial charge in [-0.2, -0.15) is 4.31 Å². The van der Waals surface area contributed by atoms with Crippen LogP contribution in [0.5, 0.6) is 0 Å². The molecule has 1 fully saturated rings. The summed E-state index contributed by atoms with van der Waals surface area (Å²) in [4.78, 5) is 29.4. The van der Waals surface area contributed by atoms with E-state index in [2.05, 4.69) is 4.98 Å². The number of aryl methyl sites for hydroxylation is 1. The van der Waals surface area contributed by atoms with Gasteiger partial charge in [-0.05, 0) is 44.5 Å². The van der Waals surface area contributed by atoms with E-state index >= 15 is 0 Å². The van der Waals surface area contributed by atoms with Crippen molar-refractivity contribution >= 4 is 33.3 Å². The summed E-state index contributed by atoms with van der Waals surface area (Å²) in [7, 11) is -3.66. The number of ketones is 1. The minimum Gasteiger partial charge on any atom is -0.354 e. The summed E-state index contributed by atoms with van der Waals surface area (Å²) in [6.07, 6.45) is 0. The van der Waals surface area contributed by atoms with E-state index in [0.717, 1.165) is 0 Å². The van der Waals surface area contributed by atoms with Crippen molar-refractivity contribution in [2.24, 2.45) is 0 Å². The fourth-order valence-corrected chi connectivity index (χ4v) is 5.28. The number of aromatic nitrogens is 1. The number of sulfonamides is 1. The number of hydrogen-bond donors (Lipinski definition) is 1. The molecule has 7 nitrogen and oxygen atoms in total. The molecule has 0 aliphatic carbocycles. The molecule has 150 valence electrons. The van der Waals surface area contributed by atoms with Crippen LogP contribution in [0.4, 0.5) is 0 Å². The average molecular weight is 424 g/mol. The Morgan fingerprint density at radius 2 is 1.75 bits per heavy atom. The zero-order valence-electron chi connectivity index (χ0n) is 16.0. The van der Waals surface area contributed by atoms with Crippen molar-refractivity contribution in [1.29, 1.82) is 0 Å². The molecule has 0 saturated carbocycles. The maximum Gasteiger partial charge on any atom is 0.270 e. The summed E-state index contributed by atoms with van der Waals surface area (Å²) >= 11 is 5.91. The summed E-state index contributed by atoms with van der Waals surface area (Å²) in [6, 6.07) is 6.14. The first-order chi connectivity index (χ1) is 13.1. The second-order valence-electron chi connectivity index (χ2n) is 6.83. The number of rotatable bonds is 4. The Kier molecular flexibility index (Phi) is 5.65. The van der Waals surface area contributed by atoms with Crippen LogP contribution >= 0.6 is 11.6 Å². The van der Waals surface area contributed by atoms with E-state index < -0.39 is 10.0 Å². The number of carbonyl (C=O) groups excluding carboxylic acids is 2. The van der Waals surface area contributed by atoms with Crippen LogP contribution in [0.15, 0.2) is 29.2 Å². The third kappa shape index (κ3) is 3.72. The normalized spacial score (nSPS) is 15.6. The molecule has 1 aliphatic heterocycles. The van der Waals surface area contributed by atoms with Gasteiger partial charge in [-0.3, -0.25) is 9.59 Å². The van der Waals surface area contributed by atoms with Crippen LogP contribution in [0.3, 0.4) is 0 Å². The molecular weight excluding hydrogens is 402 g/mol. The number of nitrogens with zero attached hydrogens (tertiary/aromatic N) is 2. The summed E-state index contributed by atoms with van der Waals surface area (Å²) in [5.41, 5.74) is 2.21. The minimum atomic E-state index is -3.66. The van der Waals surface area contributed by atoms with E-state index in [1.165, 1.54) is 23.4 Å². The minimum absolute atomic E-state index is 0.0947. The SMILES string of the molecule is CC(=O)c1c(C)[nH]c(C(=O)N2CCN(S(=O)(=O)c3cccc(Cl)c3)CC2)c1C. The molecule has 0 atom stereocenters. The first kappa shape index (κ1) is 20.6. The number of H-pyrrole nitrogens is 1. The third-order valence-electron chi connectivity index (χ3n) is 4.96. The Hall–Kier alpha value is -2.16. The summed E-state index contributed by atoms with van der Waals surface area (Å²) in [6.45, 7) is 5.90. The van der Waals surface area contributed by atoms with Crippen LogP contribution in [0.25, 0.3) is 0 Å². The topological polar surface area (TPSA) is 90.6 Å². The van der Waals surface area contributed by atoms with Gasteiger partial charge >= 0.3 is 0 Å². The van der Waals surface area contributed by atoms with Crippen LogP contribution in [-0.4, -0.2) is 60.5 Å². The Labute approximate surface area is 169 Å². The van der Waals surface area contributed by atoms with Gasteiger partial charge in [0, 0.05) is 42.5 Å². The molecule has 0 spiro atoms. The lowest BCUT2D eigenvalue weighted by Gasteiger charge is -2.34. The smallest absolute Gasteiger partial charge is 0.270 e. The summed E-state index contributed by atoms with van der Waals surface area (Å²) < 4.78 is 26.9. The van der Waals surface area contributed by atoms with Crippen LogP contribution in [0.1, 0.15) is 39.0 Å². The first-order valence-corrected chi connectivity index (χ1v) is 10.7. The van der Waals surface area contributed by atoms with Crippen molar-refractivity contribution in [2.45, 2.75) is 25.7 Å². The van der Waals surface area contributed by atoms with Gasteiger partial charge in [0.25, 0.3) is 5.91 Å². The Bertz CT molecular complexity index is 1040. The van der Waals surface area contributed by atoms with E-state index in [1.54, 1.807) is 30.9 Å². The van der Waals surface area contributed by atoms with Crippen LogP contribution in [-0.2, 0) is 10.0 Å². The Balaban J connectivity index is 1.75. The number of halogens is 1. The number of carbonyl (C=O) groups is 2. The quantitative estimate of drug-likeness (QED) is 0.765. The Morgan fingerprint density at radius 1 is 1.11 bits per heavy atom. The fraction of sp³-hybridized carbons (Fsp3) is 0.368. The largest absolute Gasteiger partial charge is 0.354 e. The standard InChI is InChI=1S/C19H22ClN3O4S/c1-12-17(14(3)24)13(2)21-18(12)19(25)22-7-9-23(10-8-22)28(26,27)16-6-4-5-15(20)11-16/h4-6,11,21H,7-10H2,1-3H3. The van der Waals surface area contributed by atoms with Gasteiger partial charge in [-0.15, -0.1) is 0 Å².